The highest BCUT2D eigenvalue weighted by Gasteiger charge is 2.29. The predicted octanol–water partition coefficient (Wildman–Crippen LogP) is 1.22. The molecule has 0 radical (unpaired) electrons. The summed E-state index contributed by atoms with van der Waals surface area (Å²) < 4.78 is 17.5. The first-order chi connectivity index (χ1) is 10.6. The minimum Gasteiger partial charge on any atom is -0.497 e. The van der Waals surface area contributed by atoms with Gasteiger partial charge in [0.25, 0.3) is 0 Å². The van der Waals surface area contributed by atoms with Crippen LogP contribution in [0.3, 0.4) is 0 Å². The number of hydrogen-bond donors (Lipinski definition) is 2. The van der Waals surface area contributed by atoms with Crippen LogP contribution in [0.5, 0.6) is 5.75 Å². The number of piperazine rings is 1. The van der Waals surface area contributed by atoms with Gasteiger partial charge in [-0.1, -0.05) is 6.07 Å². The van der Waals surface area contributed by atoms with Crippen molar-refractivity contribution in [3.05, 3.63) is 24.3 Å². The van der Waals surface area contributed by atoms with Crippen molar-refractivity contribution >= 4 is 29.9 Å². The van der Waals surface area contributed by atoms with E-state index in [2.05, 4.69) is 10.6 Å². The van der Waals surface area contributed by atoms with Gasteiger partial charge in [0.05, 0.1) is 19.6 Å². The van der Waals surface area contributed by atoms with Crippen molar-refractivity contribution < 1.29 is 18.7 Å². The third kappa shape index (κ3) is 5.37. The predicted molar refractivity (Wildman–Crippen MR) is 87.8 cm³/mol. The van der Waals surface area contributed by atoms with E-state index in [1.807, 2.05) is 0 Å². The number of rotatable bonds is 6. The molecule has 0 spiro atoms. The Morgan fingerprint density at radius 1 is 1.52 bits per heavy atom. The maximum Gasteiger partial charge on any atom is 0.240 e. The first-order valence-corrected chi connectivity index (χ1v) is 7.16. The average molecular weight is 346 g/mol. The number of nitrogens with zero attached hydrogens (tertiary/aromatic N) is 1. The Bertz CT molecular complexity index is 542. The Kier molecular flexibility index (Phi) is 7.77. The van der Waals surface area contributed by atoms with Crippen LogP contribution < -0.4 is 15.4 Å². The van der Waals surface area contributed by atoms with Gasteiger partial charge < -0.3 is 20.3 Å². The lowest BCUT2D eigenvalue weighted by atomic mass is 10.1. The fraction of sp³-hybridized carbons (Fsp3) is 0.467. The summed E-state index contributed by atoms with van der Waals surface area (Å²) in [6.07, 6.45) is 0.0127. The first-order valence-electron chi connectivity index (χ1n) is 7.16. The fourth-order valence-corrected chi connectivity index (χ4v) is 2.37. The van der Waals surface area contributed by atoms with Crippen LogP contribution >= 0.6 is 12.4 Å². The van der Waals surface area contributed by atoms with Crippen molar-refractivity contribution in [2.45, 2.75) is 12.5 Å². The second kappa shape index (κ2) is 9.32. The standard InChI is InChI=1S/C15H20FN3O3.ClH/c1-22-12-4-2-3-11(9-12)18-14(20)10-13-15(21)19(7-5-16)8-6-17-13;/h2-4,9,13,17H,5-8,10H2,1H3,(H,18,20);1H. The quantitative estimate of drug-likeness (QED) is 0.813. The van der Waals surface area contributed by atoms with Gasteiger partial charge in [0.15, 0.2) is 0 Å². The van der Waals surface area contributed by atoms with Crippen molar-refractivity contribution in [3.63, 3.8) is 0 Å². The molecule has 1 saturated heterocycles. The van der Waals surface area contributed by atoms with E-state index in [-0.39, 0.29) is 37.2 Å². The lowest BCUT2D eigenvalue weighted by Crippen LogP contribution is -2.56. The molecule has 1 aromatic carbocycles. The molecule has 1 aliphatic heterocycles. The molecule has 0 aliphatic carbocycles. The zero-order chi connectivity index (χ0) is 15.9. The van der Waals surface area contributed by atoms with Crippen LogP contribution in [0.25, 0.3) is 0 Å². The number of alkyl halides is 1. The number of amides is 2. The Balaban J connectivity index is 0.00000264. The topological polar surface area (TPSA) is 70.7 Å². The van der Waals surface area contributed by atoms with Gasteiger partial charge in [0, 0.05) is 31.4 Å². The van der Waals surface area contributed by atoms with Crippen LogP contribution in [0, 0.1) is 0 Å². The molecule has 23 heavy (non-hydrogen) atoms. The highest BCUT2D eigenvalue weighted by molar-refractivity contribution is 5.95. The second-order valence-electron chi connectivity index (χ2n) is 5.01. The second-order valence-corrected chi connectivity index (χ2v) is 5.01. The SMILES string of the molecule is COc1cccc(NC(=O)CC2NCCN(CCF)C2=O)c1.Cl. The van der Waals surface area contributed by atoms with E-state index >= 15 is 0 Å². The van der Waals surface area contributed by atoms with Gasteiger partial charge in [-0.3, -0.25) is 9.59 Å². The summed E-state index contributed by atoms with van der Waals surface area (Å²) in [6.45, 7) is 0.530. The zero-order valence-electron chi connectivity index (χ0n) is 12.9. The van der Waals surface area contributed by atoms with Crippen LogP contribution in [0.4, 0.5) is 10.1 Å². The highest BCUT2D eigenvalue weighted by atomic mass is 35.5. The van der Waals surface area contributed by atoms with Gasteiger partial charge in [-0.05, 0) is 12.1 Å². The maximum absolute atomic E-state index is 12.4. The Morgan fingerprint density at radius 3 is 3.00 bits per heavy atom. The lowest BCUT2D eigenvalue weighted by Gasteiger charge is -2.32. The van der Waals surface area contributed by atoms with E-state index in [1.165, 1.54) is 4.90 Å². The van der Waals surface area contributed by atoms with Gasteiger partial charge >= 0.3 is 0 Å². The lowest BCUT2D eigenvalue weighted by molar-refractivity contribution is -0.137. The molecule has 2 N–H and O–H groups in total. The molecule has 8 heteroatoms. The average Bonchev–Trinajstić information content (AvgIpc) is 2.51. The van der Waals surface area contributed by atoms with Gasteiger partial charge in [0.2, 0.25) is 11.8 Å². The van der Waals surface area contributed by atoms with E-state index < -0.39 is 12.7 Å². The van der Waals surface area contributed by atoms with Crippen LogP contribution in [0.2, 0.25) is 0 Å². The smallest absolute Gasteiger partial charge is 0.240 e. The van der Waals surface area contributed by atoms with Gasteiger partial charge in [-0.2, -0.15) is 0 Å². The normalized spacial score (nSPS) is 17.4. The third-order valence-corrected chi connectivity index (χ3v) is 3.48. The molecule has 0 aromatic heterocycles. The van der Waals surface area contributed by atoms with Crippen molar-refractivity contribution in [3.8, 4) is 5.75 Å². The summed E-state index contributed by atoms with van der Waals surface area (Å²) in [5.74, 6) is 0.129. The number of ether oxygens (including phenoxy) is 1. The fourth-order valence-electron chi connectivity index (χ4n) is 2.37. The zero-order valence-corrected chi connectivity index (χ0v) is 13.7. The number of carbonyl (C=O) groups is 2. The van der Waals surface area contributed by atoms with Crippen molar-refractivity contribution in [1.82, 2.24) is 10.2 Å². The van der Waals surface area contributed by atoms with Crippen molar-refractivity contribution in [2.75, 3.05) is 38.7 Å². The summed E-state index contributed by atoms with van der Waals surface area (Å²) in [6, 6.07) is 6.37. The number of benzene rings is 1. The summed E-state index contributed by atoms with van der Waals surface area (Å²) in [5, 5.41) is 5.72. The molecule has 2 amide bonds. The number of methoxy groups -OCH3 is 1. The van der Waals surface area contributed by atoms with E-state index in [0.29, 0.717) is 24.5 Å². The molecule has 0 bridgehead atoms. The minimum absolute atomic E-state index is 0. The van der Waals surface area contributed by atoms with E-state index in [1.54, 1.807) is 31.4 Å². The van der Waals surface area contributed by atoms with E-state index in [9.17, 15) is 14.0 Å². The number of hydrogen-bond acceptors (Lipinski definition) is 4. The molecule has 1 atom stereocenters. The highest BCUT2D eigenvalue weighted by Crippen LogP contribution is 2.17. The number of carbonyl (C=O) groups excluding carboxylic acids is 2. The minimum atomic E-state index is -0.606. The van der Waals surface area contributed by atoms with Crippen molar-refractivity contribution in [1.29, 1.82) is 0 Å². The Labute approximate surface area is 140 Å². The number of anilines is 1. The molecule has 128 valence electrons. The molecule has 1 aromatic rings. The van der Waals surface area contributed by atoms with Crippen LogP contribution in [-0.2, 0) is 9.59 Å². The molecular weight excluding hydrogens is 325 g/mol. The monoisotopic (exact) mass is 345 g/mol. The molecule has 0 saturated carbocycles. The summed E-state index contributed by atoms with van der Waals surface area (Å²) in [4.78, 5) is 25.6. The Morgan fingerprint density at radius 2 is 2.30 bits per heavy atom. The largest absolute Gasteiger partial charge is 0.497 e. The molecule has 2 rings (SSSR count). The number of halogens is 2. The third-order valence-electron chi connectivity index (χ3n) is 3.48. The molecule has 1 unspecified atom stereocenters. The van der Waals surface area contributed by atoms with Gasteiger partial charge in [0.1, 0.15) is 12.4 Å². The van der Waals surface area contributed by atoms with Crippen molar-refractivity contribution in [2.24, 2.45) is 0 Å². The maximum atomic E-state index is 12.4. The molecule has 1 aliphatic rings. The van der Waals surface area contributed by atoms with E-state index in [0.717, 1.165) is 0 Å². The van der Waals surface area contributed by atoms with Crippen LogP contribution in [0.15, 0.2) is 24.3 Å². The van der Waals surface area contributed by atoms with Gasteiger partial charge in [-0.25, -0.2) is 4.39 Å². The molecule has 6 nitrogen and oxygen atoms in total. The first kappa shape index (κ1) is 19.2. The summed E-state index contributed by atoms with van der Waals surface area (Å²) >= 11 is 0. The summed E-state index contributed by atoms with van der Waals surface area (Å²) in [7, 11) is 1.55. The molecular formula is C15H21ClFN3O3. The van der Waals surface area contributed by atoms with Gasteiger partial charge in [-0.15, -0.1) is 12.4 Å². The molecule has 1 fully saturated rings. The Hall–Kier alpha value is -1.86. The number of nitrogens with one attached hydrogen (secondary N) is 2. The van der Waals surface area contributed by atoms with Crippen LogP contribution in [0.1, 0.15) is 6.42 Å². The summed E-state index contributed by atoms with van der Waals surface area (Å²) in [5.41, 5.74) is 0.605. The van der Waals surface area contributed by atoms with Crippen LogP contribution in [-0.4, -0.2) is 56.2 Å². The van der Waals surface area contributed by atoms with E-state index in [4.69, 9.17) is 4.74 Å². The molecule has 1 heterocycles.